The van der Waals surface area contributed by atoms with Gasteiger partial charge in [-0.15, -0.1) is 0 Å². The van der Waals surface area contributed by atoms with Gasteiger partial charge >= 0.3 is 0 Å². The molecule has 24 heavy (non-hydrogen) atoms. The molecule has 2 aliphatic heterocycles. The van der Waals surface area contributed by atoms with Crippen molar-refractivity contribution in [3.05, 3.63) is 29.8 Å². The summed E-state index contributed by atoms with van der Waals surface area (Å²) in [5, 5.41) is 10.5. The second-order valence-corrected chi connectivity index (χ2v) is 9.38. The minimum atomic E-state index is -3.68. The third kappa shape index (κ3) is 2.42. The smallest absolute Gasteiger partial charge is 0.243 e. The first-order valence-corrected chi connectivity index (χ1v) is 9.75. The molecule has 132 valence electrons. The van der Waals surface area contributed by atoms with Crippen LogP contribution in [0.25, 0.3) is 0 Å². The highest BCUT2D eigenvalue weighted by molar-refractivity contribution is 7.89. The zero-order chi connectivity index (χ0) is 17.3. The Morgan fingerprint density at radius 2 is 1.79 bits per heavy atom. The van der Waals surface area contributed by atoms with E-state index in [4.69, 9.17) is 9.47 Å². The first-order valence-electron chi connectivity index (χ1n) is 8.31. The fraction of sp³-hybridized carbons (Fsp3) is 0.647. The molecule has 2 heterocycles. The third-order valence-electron chi connectivity index (χ3n) is 5.34. The lowest BCUT2D eigenvalue weighted by Gasteiger charge is -2.37. The van der Waals surface area contributed by atoms with Crippen LogP contribution in [0.3, 0.4) is 0 Å². The summed E-state index contributed by atoms with van der Waals surface area (Å²) in [4.78, 5) is 0.250. The minimum absolute atomic E-state index is 0.0776. The maximum atomic E-state index is 13.1. The van der Waals surface area contributed by atoms with E-state index in [0.717, 1.165) is 5.56 Å². The van der Waals surface area contributed by atoms with E-state index in [9.17, 15) is 13.5 Å². The zero-order valence-corrected chi connectivity index (χ0v) is 14.9. The third-order valence-corrected chi connectivity index (χ3v) is 7.24. The summed E-state index contributed by atoms with van der Waals surface area (Å²) in [6, 6.07) is 6.51. The standard InChI is InChI=1S/C17H23NO5S/c1-10-4-6-11(7-5-10)24(20,21)18-9-14(19)12-8-13(18)16-15(12)22-17(2,3)23-16/h4-7,12-16,19H,8-9H2,1-3H3/t12-,13-,14-,15-,16+/m0/s1. The van der Waals surface area contributed by atoms with E-state index in [1.54, 1.807) is 24.3 Å². The lowest BCUT2D eigenvalue weighted by Crippen LogP contribution is -2.51. The molecule has 5 atom stereocenters. The maximum Gasteiger partial charge on any atom is 0.243 e. The van der Waals surface area contributed by atoms with Crippen molar-refractivity contribution in [3.8, 4) is 0 Å². The van der Waals surface area contributed by atoms with Crippen LogP contribution < -0.4 is 0 Å². The molecule has 1 aromatic carbocycles. The van der Waals surface area contributed by atoms with Gasteiger partial charge in [0.05, 0.1) is 23.1 Å². The molecule has 6 nitrogen and oxygen atoms in total. The Bertz CT molecular complexity index is 745. The van der Waals surface area contributed by atoms with Gasteiger partial charge in [-0.1, -0.05) is 17.7 Å². The Morgan fingerprint density at radius 1 is 1.17 bits per heavy atom. The number of β-amino-alcohol motifs (C(OH)–C–C–N with tert-alkyl or cyclic N) is 1. The summed E-state index contributed by atoms with van der Waals surface area (Å²) < 4.78 is 39.5. The van der Waals surface area contributed by atoms with Crippen LogP contribution in [0.2, 0.25) is 0 Å². The number of rotatable bonds is 2. The van der Waals surface area contributed by atoms with E-state index in [1.807, 2.05) is 20.8 Å². The highest BCUT2D eigenvalue weighted by Gasteiger charge is 2.61. The lowest BCUT2D eigenvalue weighted by atomic mass is 9.96. The van der Waals surface area contributed by atoms with Gasteiger partial charge in [-0.05, 0) is 39.3 Å². The summed E-state index contributed by atoms with van der Waals surface area (Å²) in [7, 11) is -3.68. The minimum Gasteiger partial charge on any atom is -0.391 e. The van der Waals surface area contributed by atoms with E-state index in [2.05, 4.69) is 0 Å². The van der Waals surface area contributed by atoms with Gasteiger partial charge in [0, 0.05) is 12.5 Å². The summed E-state index contributed by atoms with van der Waals surface area (Å²) in [5.41, 5.74) is 1.00. The van der Waals surface area contributed by atoms with Crippen molar-refractivity contribution in [1.29, 1.82) is 0 Å². The molecule has 1 aromatic rings. The van der Waals surface area contributed by atoms with Crippen molar-refractivity contribution in [2.45, 2.75) is 62.2 Å². The highest BCUT2D eigenvalue weighted by Crippen LogP contribution is 2.48. The van der Waals surface area contributed by atoms with Crippen LogP contribution in [-0.2, 0) is 19.5 Å². The van der Waals surface area contributed by atoms with Crippen molar-refractivity contribution in [2.24, 2.45) is 5.92 Å². The molecule has 2 bridgehead atoms. The van der Waals surface area contributed by atoms with Crippen LogP contribution in [0.15, 0.2) is 29.2 Å². The number of aliphatic hydroxyl groups is 1. The van der Waals surface area contributed by atoms with Crippen molar-refractivity contribution in [1.82, 2.24) is 4.31 Å². The number of aryl methyl sites for hydroxylation is 1. The Hall–Kier alpha value is -0.990. The number of benzene rings is 1. The Balaban J connectivity index is 1.70. The number of ether oxygens (including phenoxy) is 2. The van der Waals surface area contributed by atoms with E-state index in [0.29, 0.717) is 6.42 Å². The predicted octanol–water partition coefficient (Wildman–Crippen LogP) is 1.27. The molecule has 1 saturated carbocycles. The van der Waals surface area contributed by atoms with Crippen LogP contribution in [0.5, 0.6) is 0 Å². The molecule has 3 fully saturated rings. The normalized spacial score (nSPS) is 38.2. The van der Waals surface area contributed by atoms with Crippen LogP contribution in [0.1, 0.15) is 25.8 Å². The first kappa shape index (κ1) is 16.5. The first-order chi connectivity index (χ1) is 11.2. The predicted molar refractivity (Wildman–Crippen MR) is 86.8 cm³/mol. The van der Waals surface area contributed by atoms with Gasteiger partial charge in [-0.25, -0.2) is 8.42 Å². The van der Waals surface area contributed by atoms with Gasteiger partial charge in [0.2, 0.25) is 10.0 Å². The molecule has 0 unspecified atom stereocenters. The second-order valence-electron chi connectivity index (χ2n) is 7.49. The zero-order valence-electron chi connectivity index (χ0n) is 14.0. The van der Waals surface area contributed by atoms with E-state index in [-0.39, 0.29) is 35.6 Å². The molecule has 0 spiro atoms. The van der Waals surface area contributed by atoms with Gasteiger partial charge in [0.25, 0.3) is 0 Å². The molecule has 7 heteroatoms. The molecule has 0 aromatic heterocycles. The molecule has 4 rings (SSSR count). The van der Waals surface area contributed by atoms with Crippen LogP contribution in [0.4, 0.5) is 0 Å². The van der Waals surface area contributed by atoms with Gasteiger partial charge in [0.1, 0.15) is 6.10 Å². The SMILES string of the molecule is Cc1ccc(S(=O)(=O)N2C[C@H](O)[C@@H]3C[C@H]2[C@H]2OC(C)(C)O[C@@H]32)cc1. The molecule has 1 N–H and O–H groups in total. The number of sulfonamides is 1. The number of nitrogens with zero attached hydrogens (tertiary/aromatic N) is 1. The molecule has 3 aliphatic rings. The van der Waals surface area contributed by atoms with Gasteiger partial charge in [0.15, 0.2) is 5.79 Å². The average Bonchev–Trinajstić information content (AvgIpc) is 2.96. The number of fused-ring (bicyclic) bond motifs is 5. The van der Waals surface area contributed by atoms with E-state index in [1.165, 1.54) is 4.31 Å². The quantitative estimate of drug-likeness (QED) is 0.866. The summed E-state index contributed by atoms with van der Waals surface area (Å²) in [6.45, 7) is 5.66. The van der Waals surface area contributed by atoms with Gasteiger partial charge < -0.3 is 14.6 Å². The molecule has 2 saturated heterocycles. The van der Waals surface area contributed by atoms with Crippen LogP contribution in [0, 0.1) is 12.8 Å². The fourth-order valence-electron chi connectivity index (χ4n) is 4.23. The number of piperidine rings is 1. The largest absolute Gasteiger partial charge is 0.391 e. The van der Waals surface area contributed by atoms with Crippen molar-refractivity contribution in [2.75, 3.05) is 6.54 Å². The van der Waals surface area contributed by atoms with Crippen molar-refractivity contribution < 1.29 is 23.0 Å². The van der Waals surface area contributed by atoms with E-state index >= 15 is 0 Å². The fourth-order valence-corrected chi connectivity index (χ4v) is 5.89. The van der Waals surface area contributed by atoms with E-state index < -0.39 is 21.9 Å². The second kappa shape index (κ2) is 5.25. The number of hydrogen-bond acceptors (Lipinski definition) is 5. The number of hydrogen-bond donors (Lipinski definition) is 1. The van der Waals surface area contributed by atoms with Gasteiger partial charge in [-0.2, -0.15) is 4.31 Å². The monoisotopic (exact) mass is 353 g/mol. The highest BCUT2D eigenvalue weighted by atomic mass is 32.2. The molecule has 1 aliphatic carbocycles. The number of aliphatic hydroxyl groups excluding tert-OH is 1. The van der Waals surface area contributed by atoms with Crippen LogP contribution >= 0.6 is 0 Å². The lowest BCUT2D eigenvalue weighted by molar-refractivity contribution is -0.171. The Morgan fingerprint density at radius 3 is 2.46 bits per heavy atom. The molecule has 0 amide bonds. The summed E-state index contributed by atoms with van der Waals surface area (Å²) >= 11 is 0. The molecular weight excluding hydrogens is 330 g/mol. The van der Waals surface area contributed by atoms with Crippen molar-refractivity contribution >= 4 is 10.0 Å². The Labute approximate surface area is 142 Å². The summed E-state index contributed by atoms with van der Waals surface area (Å²) in [6.07, 6.45) is -0.757. The Kier molecular flexibility index (Phi) is 3.61. The maximum absolute atomic E-state index is 13.1. The molecular formula is C17H23NO5S. The van der Waals surface area contributed by atoms with Gasteiger partial charge in [-0.3, -0.25) is 0 Å². The average molecular weight is 353 g/mol. The van der Waals surface area contributed by atoms with Crippen molar-refractivity contribution in [3.63, 3.8) is 0 Å². The topological polar surface area (TPSA) is 76.1 Å². The van der Waals surface area contributed by atoms with Crippen LogP contribution in [-0.4, -0.2) is 54.5 Å². The summed E-state index contributed by atoms with van der Waals surface area (Å²) in [5.74, 6) is -0.825. The molecule has 0 radical (unpaired) electrons.